The molecule has 2 rings (SSSR count). The van der Waals surface area contributed by atoms with Gasteiger partial charge in [0.15, 0.2) is 6.10 Å². The highest BCUT2D eigenvalue weighted by atomic mass is 19.1. The van der Waals surface area contributed by atoms with Crippen LogP contribution in [0.2, 0.25) is 0 Å². The van der Waals surface area contributed by atoms with E-state index in [0.29, 0.717) is 11.4 Å². The Bertz CT molecular complexity index is 773. The molecule has 2 aromatic rings. The van der Waals surface area contributed by atoms with Gasteiger partial charge in [-0.3, -0.25) is 9.59 Å². The van der Waals surface area contributed by atoms with Gasteiger partial charge in [0.05, 0.1) is 5.56 Å². The summed E-state index contributed by atoms with van der Waals surface area (Å²) < 4.78 is 17.9. The zero-order valence-corrected chi connectivity index (χ0v) is 13.7. The Kier molecular flexibility index (Phi) is 5.84. The smallest absolute Gasteiger partial charge is 0.338 e. The lowest BCUT2D eigenvalue weighted by Crippen LogP contribution is -2.30. The van der Waals surface area contributed by atoms with Crippen molar-refractivity contribution >= 4 is 29.2 Å². The fourth-order valence-corrected chi connectivity index (χ4v) is 1.95. The van der Waals surface area contributed by atoms with Crippen LogP contribution in [0.25, 0.3) is 0 Å². The van der Waals surface area contributed by atoms with Crippen molar-refractivity contribution in [3.63, 3.8) is 0 Å². The number of carbonyl (C=O) groups is 3. The van der Waals surface area contributed by atoms with Gasteiger partial charge in [-0.15, -0.1) is 0 Å². The zero-order chi connectivity index (χ0) is 18.4. The lowest BCUT2D eigenvalue weighted by Gasteiger charge is -2.14. The lowest BCUT2D eigenvalue weighted by molar-refractivity contribution is -0.123. The molecule has 1 atom stereocenters. The summed E-state index contributed by atoms with van der Waals surface area (Å²) in [6.07, 6.45) is -1.03. The van der Waals surface area contributed by atoms with Gasteiger partial charge in [0.2, 0.25) is 5.91 Å². The van der Waals surface area contributed by atoms with Crippen LogP contribution in [0.5, 0.6) is 0 Å². The van der Waals surface area contributed by atoms with E-state index in [2.05, 4.69) is 10.6 Å². The van der Waals surface area contributed by atoms with E-state index in [1.165, 1.54) is 26.0 Å². The molecule has 0 heterocycles. The second-order valence-electron chi connectivity index (χ2n) is 5.30. The summed E-state index contributed by atoms with van der Waals surface area (Å²) in [5, 5.41) is 5.21. The molecule has 0 aliphatic heterocycles. The summed E-state index contributed by atoms with van der Waals surface area (Å²) in [7, 11) is 0. The van der Waals surface area contributed by atoms with Crippen molar-refractivity contribution in [1.82, 2.24) is 0 Å². The number of rotatable bonds is 5. The van der Waals surface area contributed by atoms with Crippen LogP contribution in [0.1, 0.15) is 24.2 Å². The fourth-order valence-electron chi connectivity index (χ4n) is 1.95. The molecule has 0 radical (unpaired) electrons. The Labute approximate surface area is 144 Å². The normalized spacial score (nSPS) is 11.3. The van der Waals surface area contributed by atoms with Gasteiger partial charge in [-0.2, -0.15) is 0 Å². The minimum absolute atomic E-state index is 0.153. The highest BCUT2D eigenvalue weighted by Crippen LogP contribution is 2.14. The molecule has 0 saturated heterocycles. The van der Waals surface area contributed by atoms with E-state index in [1.807, 2.05) is 0 Å². The second-order valence-corrected chi connectivity index (χ2v) is 5.30. The average Bonchev–Trinajstić information content (AvgIpc) is 2.56. The number of halogens is 1. The number of benzene rings is 2. The predicted molar refractivity (Wildman–Crippen MR) is 90.7 cm³/mol. The number of amides is 2. The van der Waals surface area contributed by atoms with E-state index in [-0.39, 0.29) is 11.5 Å². The molecule has 2 N–H and O–H groups in total. The zero-order valence-electron chi connectivity index (χ0n) is 13.7. The topological polar surface area (TPSA) is 84.5 Å². The van der Waals surface area contributed by atoms with Crippen LogP contribution in [0.15, 0.2) is 48.5 Å². The lowest BCUT2D eigenvalue weighted by atomic mass is 10.2. The summed E-state index contributed by atoms with van der Waals surface area (Å²) in [6, 6.07) is 11.3. The summed E-state index contributed by atoms with van der Waals surface area (Å²) in [6.45, 7) is 2.83. The molecule has 6 nitrogen and oxygen atoms in total. The first-order chi connectivity index (χ1) is 11.8. The Hall–Kier alpha value is -3.22. The molecule has 0 fully saturated rings. The molecule has 7 heteroatoms. The summed E-state index contributed by atoms with van der Waals surface area (Å²) >= 11 is 0. The fraction of sp³-hybridized carbons (Fsp3) is 0.167. The predicted octanol–water partition coefficient (Wildman–Crippen LogP) is 2.97. The third-order valence-electron chi connectivity index (χ3n) is 3.21. The first-order valence-electron chi connectivity index (χ1n) is 7.50. The quantitative estimate of drug-likeness (QED) is 0.817. The minimum atomic E-state index is -1.03. The van der Waals surface area contributed by atoms with Gasteiger partial charge < -0.3 is 15.4 Å². The first kappa shape index (κ1) is 18.1. The van der Waals surface area contributed by atoms with E-state index < -0.39 is 23.8 Å². The highest BCUT2D eigenvalue weighted by molar-refractivity contribution is 5.97. The van der Waals surface area contributed by atoms with Crippen LogP contribution in [-0.4, -0.2) is 23.9 Å². The molecule has 0 aliphatic carbocycles. The number of hydrogen-bond donors (Lipinski definition) is 2. The van der Waals surface area contributed by atoms with Crippen LogP contribution in [0.3, 0.4) is 0 Å². The average molecular weight is 344 g/mol. The van der Waals surface area contributed by atoms with Gasteiger partial charge in [-0.25, -0.2) is 9.18 Å². The molecule has 0 aliphatic rings. The Balaban J connectivity index is 1.92. The van der Waals surface area contributed by atoms with Crippen LogP contribution in [0, 0.1) is 5.82 Å². The number of esters is 1. The van der Waals surface area contributed by atoms with Crippen LogP contribution in [-0.2, 0) is 14.3 Å². The number of hydrogen-bond acceptors (Lipinski definition) is 4. The molecule has 25 heavy (non-hydrogen) atoms. The SMILES string of the molecule is CC(=O)Nc1ccc(NC(=O)[C@H](C)OC(=O)c2ccc(F)cc2)cc1. The van der Waals surface area contributed by atoms with Gasteiger partial charge in [0, 0.05) is 18.3 Å². The van der Waals surface area contributed by atoms with Crippen molar-refractivity contribution in [2.75, 3.05) is 10.6 Å². The summed E-state index contributed by atoms with van der Waals surface area (Å²) in [5.41, 5.74) is 1.24. The molecule has 0 bridgehead atoms. The van der Waals surface area contributed by atoms with Gasteiger partial charge in [0.25, 0.3) is 5.91 Å². The van der Waals surface area contributed by atoms with Crippen molar-refractivity contribution in [2.24, 2.45) is 0 Å². The van der Waals surface area contributed by atoms with Gasteiger partial charge in [-0.05, 0) is 55.5 Å². The van der Waals surface area contributed by atoms with Crippen molar-refractivity contribution in [1.29, 1.82) is 0 Å². The summed E-state index contributed by atoms with van der Waals surface area (Å²) in [4.78, 5) is 34.9. The monoisotopic (exact) mass is 344 g/mol. The molecule has 0 unspecified atom stereocenters. The third kappa shape index (κ3) is 5.42. The van der Waals surface area contributed by atoms with E-state index >= 15 is 0 Å². The van der Waals surface area contributed by atoms with E-state index in [1.54, 1.807) is 24.3 Å². The number of carbonyl (C=O) groups excluding carboxylic acids is 3. The Morgan fingerprint density at radius 3 is 1.96 bits per heavy atom. The maximum Gasteiger partial charge on any atom is 0.338 e. The van der Waals surface area contributed by atoms with Crippen molar-refractivity contribution < 1.29 is 23.5 Å². The summed E-state index contributed by atoms with van der Waals surface area (Å²) in [5.74, 6) is -1.89. The molecule has 0 saturated carbocycles. The molecule has 2 aromatic carbocycles. The van der Waals surface area contributed by atoms with E-state index in [0.717, 1.165) is 12.1 Å². The highest BCUT2D eigenvalue weighted by Gasteiger charge is 2.19. The van der Waals surface area contributed by atoms with Gasteiger partial charge in [-0.1, -0.05) is 0 Å². The van der Waals surface area contributed by atoms with E-state index in [4.69, 9.17) is 4.74 Å². The third-order valence-corrected chi connectivity index (χ3v) is 3.21. The first-order valence-corrected chi connectivity index (χ1v) is 7.50. The molecule has 0 spiro atoms. The molecule has 0 aromatic heterocycles. The van der Waals surface area contributed by atoms with Crippen LogP contribution < -0.4 is 10.6 Å². The van der Waals surface area contributed by atoms with Gasteiger partial charge >= 0.3 is 5.97 Å². The van der Waals surface area contributed by atoms with Crippen LogP contribution in [0.4, 0.5) is 15.8 Å². The Morgan fingerprint density at radius 1 is 0.920 bits per heavy atom. The number of anilines is 2. The standard InChI is InChI=1S/C18H17FN2O4/c1-11(25-18(24)13-3-5-14(19)6-4-13)17(23)21-16-9-7-15(8-10-16)20-12(2)22/h3-11H,1-2H3,(H,20,22)(H,21,23)/t11-/m0/s1. The molecular formula is C18H17FN2O4. The molecular weight excluding hydrogens is 327 g/mol. The minimum Gasteiger partial charge on any atom is -0.449 e. The van der Waals surface area contributed by atoms with E-state index in [9.17, 15) is 18.8 Å². The van der Waals surface area contributed by atoms with Crippen molar-refractivity contribution in [3.8, 4) is 0 Å². The van der Waals surface area contributed by atoms with Gasteiger partial charge in [0.1, 0.15) is 5.82 Å². The van der Waals surface area contributed by atoms with Crippen molar-refractivity contribution in [2.45, 2.75) is 20.0 Å². The van der Waals surface area contributed by atoms with Crippen LogP contribution >= 0.6 is 0 Å². The number of ether oxygens (including phenoxy) is 1. The largest absolute Gasteiger partial charge is 0.449 e. The maximum absolute atomic E-state index is 12.8. The Morgan fingerprint density at radius 2 is 1.44 bits per heavy atom. The second kappa shape index (κ2) is 8.05. The molecule has 2 amide bonds. The van der Waals surface area contributed by atoms with Crippen molar-refractivity contribution in [3.05, 3.63) is 59.9 Å². The number of nitrogens with one attached hydrogen (secondary N) is 2. The maximum atomic E-state index is 12.8. The molecule has 130 valence electrons.